The smallest absolute Gasteiger partial charge is 0.271 e. The summed E-state index contributed by atoms with van der Waals surface area (Å²) in [5.74, 6) is 0.953. The molecule has 1 aliphatic rings. The highest BCUT2D eigenvalue weighted by atomic mass is 16.5. The molecule has 0 saturated carbocycles. The van der Waals surface area contributed by atoms with Gasteiger partial charge in [-0.25, -0.2) is 4.98 Å². The summed E-state index contributed by atoms with van der Waals surface area (Å²) in [4.78, 5) is 29.9. The maximum absolute atomic E-state index is 12.7. The number of carbonyl (C=O) groups is 1. The first-order valence-electron chi connectivity index (χ1n) is 8.52. The number of aromatic amines is 1. The first-order chi connectivity index (χ1) is 12.8. The molecule has 1 fully saturated rings. The largest absolute Gasteiger partial charge is 0.492 e. The van der Waals surface area contributed by atoms with Gasteiger partial charge >= 0.3 is 0 Å². The van der Waals surface area contributed by atoms with Gasteiger partial charge < -0.3 is 14.6 Å². The second-order valence-corrected chi connectivity index (χ2v) is 6.30. The Balaban J connectivity index is 1.52. The molecule has 0 aliphatic carbocycles. The van der Waals surface area contributed by atoms with Crippen LogP contribution in [0.4, 0.5) is 0 Å². The van der Waals surface area contributed by atoms with E-state index in [1.165, 1.54) is 6.33 Å². The van der Waals surface area contributed by atoms with Gasteiger partial charge in [-0.3, -0.25) is 14.8 Å². The fourth-order valence-electron chi connectivity index (χ4n) is 3.32. The van der Waals surface area contributed by atoms with E-state index in [9.17, 15) is 4.79 Å². The number of likely N-dealkylation sites (tertiary alicyclic amines) is 1. The number of nitrogens with zero attached hydrogens (tertiary/aromatic N) is 4. The van der Waals surface area contributed by atoms with E-state index in [0.29, 0.717) is 25.4 Å². The third-order valence-electron chi connectivity index (χ3n) is 4.62. The van der Waals surface area contributed by atoms with Crippen molar-refractivity contribution in [1.29, 1.82) is 0 Å². The average Bonchev–Trinajstić information content (AvgIpc) is 3.37. The van der Waals surface area contributed by atoms with E-state index in [1.807, 2.05) is 35.2 Å². The summed E-state index contributed by atoms with van der Waals surface area (Å²) in [5, 5.41) is 0. The van der Waals surface area contributed by atoms with Crippen LogP contribution in [0.25, 0.3) is 0 Å². The molecule has 3 aromatic rings. The van der Waals surface area contributed by atoms with Crippen molar-refractivity contribution < 1.29 is 9.53 Å². The lowest BCUT2D eigenvalue weighted by atomic mass is 9.93. The van der Waals surface area contributed by atoms with Crippen molar-refractivity contribution in [1.82, 2.24) is 24.8 Å². The molecule has 4 heterocycles. The molecule has 4 rings (SSSR count). The number of hydrogen-bond acceptors (Lipinski definition) is 5. The number of pyridine rings is 2. The lowest BCUT2D eigenvalue weighted by Crippen LogP contribution is -2.29. The molecular formula is C19H19N5O2. The number of amides is 1. The van der Waals surface area contributed by atoms with Crippen LogP contribution in [0.2, 0.25) is 0 Å². The number of imidazole rings is 1. The van der Waals surface area contributed by atoms with Gasteiger partial charge in [0, 0.05) is 43.0 Å². The molecule has 26 heavy (non-hydrogen) atoms. The molecule has 0 aromatic carbocycles. The molecule has 7 nitrogen and oxygen atoms in total. The quantitative estimate of drug-likeness (QED) is 0.763. The summed E-state index contributed by atoms with van der Waals surface area (Å²) in [5.41, 5.74) is 1.48. The third-order valence-corrected chi connectivity index (χ3v) is 4.62. The van der Waals surface area contributed by atoms with Crippen LogP contribution in [0.3, 0.4) is 0 Å². The Hall–Kier alpha value is -3.22. The molecule has 1 saturated heterocycles. The van der Waals surface area contributed by atoms with Crippen molar-refractivity contribution in [3.05, 3.63) is 72.8 Å². The third kappa shape index (κ3) is 3.42. The Morgan fingerprint density at radius 3 is 2.85 bits per heavy atom. The van der Waals surface area contributed by atoms with Crippen LogP contribution in [0, 0.1) is 5.92 Å². The molecular weight excluding hydrogens is 330 g/mol. The zero-order valence-corrected chi connectivity index (χ0v) is 14.2. The van der Waals surface area contributed by atoms with E-state index < -0.39 is 0 Å². The molecule has 132 valence electrons. The van der Waals surface area contributed by atoms with E-state index in [1.54, 1.807) is 24.8 Å². The van der Waals surface area contributed by atoms with Crippen molar-refractivity contribution >= 4 is 5.91 Å². The fourth-order valence-corrected chi connectivity index (χ4v) is 3.32. The summed E-state index contributed by atoms with van der Waals surface area (Å²) in [7, 11) is 0. The van der Waals surface area contributed by atoms with Gasteiger partial charge in [0.1, 0.15) is 11.4 Å². The maximum atomic E-state index is 12.7. The lowest BCUT2D eigenvalue weighted by molar-refractivity contribution is 0.0777. The van der Waals surface area contributed by atoms with E-state index >= 15 is 0 Å². The second kappa shape index (κ2) is 7.35. The van der Waals surface area contributed by atoms with Crippen molar-refractivity contribution in [2.24, 2.45) is 5.92 Å². The minimum atomic E-state index is -0.0488. The Bertz CT molecular complexity index is 839. The summed E-state index contributed by atoms with van der Waals surface area (Å²) in [6.45, 7) is 1.72. The van der Waals surface area contributed by atoms with Crippen molar-refractivity contribution in [2.75, 3.05) is 19.7 Å². The predicted molar refractivity (Wildman–Crippen MR) is 94.7 cm³/mol. The molecule has 7 heteroatoms. The maximum Gasteiger partial charge on any atom is 0.271 e. The molecule has 0 spiro atoms. The van der Waals surface area contributed by atoms with Crippen molar-refractivity contribution in [3.63, 3.8) is 0 Å². The monoisotopic (exact) mass is 349 g/mol. The van der Waals surface area contributed by atoms with Gasteiger partial charge in [-0.15, -0.1) is 0 Å². The van der Waals surface area contributed by atoms with Crippen LogP contribution in [0.1, 0.15) is 22.1 Å². The first kappa shape index (κ1) is 16.3. The number of carbonyl (C=O) groups excluding carboxylic acids is 1. The SMILES string of the molecule is O=C(c1cnc[nH]1)N1C[C@@H](COc2cccnc2)[C@H](c2ccccn2)C1. The first-order valence-corrected chi connectivity index (χ1v) is 8.52. The summed E-state index contributed by atoms with van der Waals surface area (Å²) in [6.07, 6.45) is 8.26. The van der Waals surface area contributed by atoms with E-state index in [0.717, 1.165) is 11.4 Å². The molecule has 1 aliphatic heterocycles. The molecule has 0 radical (unpaired) electrons. The lowest BCUT2D eigenvalue weighted by Gasteiger charge is -2.18. The number of H-pyrrole nitrogens is 1. The van der Waals surface area contributed by atoms with Crippen LogP contribution >= 0.6 is 0 Å². The zero-order chi connectivity index (χ0) is 17.8. The topological polar surface area (TPSA) is 84.0 Å². The number of nitrogens with one attached hydrogen (secondary N) is 1. The van der Waals surface area contributed by atoms with Gasteiger partial charge in [0.05, 0.1) is 25.3 Å². The van der Waals surface area contributed by atoms with Gasteiger partial charge in [0.15, 0.2) is 0 Å². The van der Waals surface area contributed by atoms with Crippen LogP contribution in [0.15, 0.2) is 61.4 Å². The minimum absolute atomic E-state index is 0.0488. The number of ether oxygens (including phenoxy) is 1. The predicted octanol–water partition coefficient (Wildman–Crippen LogP) is 2.13. The van der Waals surface area contributed by atoms with Crippen molar-refractivity contribution in [3.8, 4) is 5.75 Å². The highest BCUT2D eigenvalue weighted by Crippen LogP contribution is 2.32. The summed E-state index contributed by atoms with van der Waals surface area (Å²) < 4.78 is 5.91. The van der Waals surface area contributed by atoms with E-state index in [2.05, 4.69) is 19.9 Å². The zero-order valence-electron chi connectivity index (χ0n) is 14.2. The average molecular weight is 349 g/mol. The fraction of sp³-hybridized carbons (Fsp3) is 0.263. The highest BCUT2D eigenvalue weighted by molar-refractivity contribution is 5.92. The highest BCUT2D eigenvalue weighted by Gasteiger charge is 2.38. The van der Waals surface area contributed by atoms with E-state index in [4.69, 9.17) is 4.74 Å². The van der Waals surface area contributed by atoms with Gasteiger partial charge in [0.2, 0.25) is 0 Å². The Morgan fingerprint density at radius 1 is 1.15 bits per heavy atom. The van der Waals surface area contributed by atoms with E-state index in [-0.39, 0.29) is 17.7 Å². The molecule has 1 amide bonds. The molecule has 3 aromatic heterocycles. The van der Waals surface area contributed by atoms with Gasteiger partial charge in [-0.1, -0.05) is 6.07 Å². The molecule has 0 bridgehead atoms. The minimum Gasteiger partial charge on any atom is -0.492 e. The number of rotatable bonds is 5. The van der Waals surface area contributed by atoms with Crippen LogP contribution in [-0.4, -0.2) is 50.4 Å². The van der Waals surface area contributed by atoms with Gasteiger partial charge in [-0.05, 0) is 24.3 Å². The molecule has 2 atom stereocenters. The Morgan fingerprint density at radius 2 is 2.12 bits per heavy atom. The summed E-state index contributed by atoms with van der Waals surface area (Å²) >= 11 is 0. The van der Waals surface area contributed by atoms with Crippen LogP contribution < -0.4 is 4.74 Å². The normalized spacial score (nSPS) is 19.5. The molecule has 0 unspecified atom stereocenters. The number of aromatic nitrogens is 4. The second-order valence-electron chi connectivity index (χ2n) is 6.30. The van der Waals surface area contributed by atoms with Crippen LogP contribution in [0.5, 0.6) is 5.75 Å². The van der Waals surface area contributed by atoms with Gasteiger partial charge in [-0.2, -0.15) is 0 Å². The Labute approximate surface area is 151 Å². The van der Waals surface area contributed by atoms with Gasteiger partial charge in [0.25, 0.3) is 5.91 Å². The molecule has 1 N–H and O–H groups in total. The summed E-state index contributed by atoms with van der Waals surface area (Å²) in [6, 6.07) is 9.60. The standard InChI is InChI=1S/C19H19N5O2/c25-19(18-9-21-13-23-18)24-10-14(12-26-15-4-3-6-20-8-15)16(11-24)17-5-1-2-7-22-17/h1-9,13-14,16H,10-12H2,(H,21,23)/t14-,16+/m0/s1. The Kier molecular flexibility index (Phi) is 4.59. The van der Waals surface area contributed by atoms with Crippen molar-refractivity contribution in [2.45, 2.75) is 5.92 Å². The van der Waals surface area contributed by atoms with Crippen LogP contribution in [-0.2, 0) is 0 Å². The number of hydrogen-bond donors (Lipinski definition) is 1.